The molecule has 22 heavy (non-hydrogen) atoms. The molecule has 1 aromatic heterocycles. The normalized spacial score (nSPS) is 17.8. The van der Waals surface area contributed by atoms with Gasteiger partial charge in [-0.15, -0.1) is 11.8 Å². The molecule has 0 radical (unpaired) electrons. The predicted octanol–water partition coefficient (Wildman–Crippen LogP) is 3.22. The minimum atomic E-state index is -0.00906. The first-order valence-electron chi connectivity index (χ1n) is 7.31. The van der Waals surface area contributed by atoms with E-state index in [1.165, 1.54) is 0 Å². The molecule has 1 aromatic carbocycles. The minimum Gasteiger partial charge on any atom is -0.493 e. The zero-order valence-corrected chi connectivity index (χ0v) is 13.4. The fourth-order valence-electron chi connectivity index (χ4n) is 2.32. The minimum absolute atomic E-state index is 0.00906. The summed E-state index contributed by atoms with van der Waals surface area (Å²) in [4.78, 5) is 11.8. The molecule has 1 atom stereocenters. The number of anilines is 1. The second-order valence-electron chi connectivity index (χ2n) is 5.72. The van der Waals surface area contributed by atoms with Gasteiger partial charge in [-0.3, -0.25) is 9.89 Å². The van der Waals surface area contributed by atoms with E-state index < -0.39 is 0 Å². The van der Waals surface area contributed by atoms with Crippen LogP contribution in [0.3, 0.4) is 0 Å². The Morgan fingerprint density at radius 3 is 3.14 bits per heavy atom. The van der Waals surface area contributed by atoms with Crippen molar-refractivity contribution in [2.45, 2.75) is 19.1 Å². The van der Waals surface area contributed by atoms with Crippen LogP contribution < -0.4 is 10.1 Å². The second-order valence-corrected chi connectivity index (χ2v) is 6.81. The SMILES string of the molecule is CC(C)COc1cccc(C2SCC(=O)Nc3[nH]ncc32)c1. The number of thioether (sulfide) groups is 1. The summed E-state index contributed by atoms with van der Waals surface area (Å²) in [5.74, 6) is 2.45. The largest absolute Gasteiger partial charge is 0.493 e. The first kappa shape index (κ1) is 15.0. The van der Waals surface area contributed by atoms with Gasteiger partial charge < -0.3 is 10.1 Å². The molecule has 0 bridgehead atoms. The van der Waals surface area contributed by atoms with Gasteiger partial charge in [-0.05, 0) is 23.6 Å². The van der Waals surface area contributed by atoms with Gasteiger partial charge in [-0.25, -0.2) is 0 Å². The maximum atomic E-state index is 11.8. The van der Waals surface area contributed by atoms with Crippen LogP contribution in [-0.4, -0.2) is 28.5 Å². The molecule has 2 aromatic rings. The number of H-pyrrole nitrogens is 1. The third kappa shape index (κ3) is 3.27. The first-order chi connectivity index (χ1) is 10.6. The van der Waals surface area contributed by atoms with Gasteiger partial charge in [0, 0.05) is 5.56 Å². The number of benzene rings is 1. The maximum absolute atomic E-state index is 11.8. The lowest BCUT2D eigenvalue weighted by molar-refractivity contribution is -0.113. The van der Waals surface area contributed by atoms with Gasteiger partial charge in [0.1, 0.15) is 11.6 Å². The molecule has 0 spiro atoms. The Hall–Kier alpha value is -1.95. The average molecular weight is 317 g/mol. The quantitative estimate of drug-likeness (QED) is 0.908. The molecule has 0 saturated carbocycles. The van der Waals surface area contributed by atoms with Crippen molar-refractivity contribution in [3.63, 3.8) is 0 Å². The van der Waals surface area contributed by atoms with Gasteiger partial charge in [0.25, 0.3) is 0 Å². The Morgan fingerprint density at radius 1 is 1.45 bits per heavy atom. The molecule has 0 aliphatic carbocycles. The van der Waals surface area contributed by atoms with Crippen LogP contribution in [0.15, 0.2) is 30.5 Å². The number of rotatable bonds is 4. The molecule has 1 aliphatic rings. The molecule has 1 aliphatic heterocycles. The number of carbonyl (C=O) groups is 1. The van der Waals surface area contributed by atoms with Crippen LogP contribution in [0.1, 0.15) is 30.2 Å². The van der Waals surface area contributed by atoms with E-state index in [0.29, 0.717) is 24.1 Å². The third-order valence-corrected chi connectivity index (χ3v) is 4.63. The smallest absolute Gasteiger partial charge is 0.235 e. The van der Waals surface area contributed by atoms with Gasteiger partial charge in [0.05, 0.1) is 23.8 Å². The number of amides is 1. The number of nitrogens with one attached hydrogen (secondary N) is 2. The van der Waals surface area contributed by atoms with E-state index in [1.807, 2.05) is 18.2 Å². The molecule has 1 unspecified atom stereocenters. The Bertz CT molecular complexity index is 669. The van der Waals surface area contributed by atoms with E-state index in [0.717, 1.165) is 16.9 Å². The van der Waals surface area contributed by atoms with E-state index in [2.05, 4.69) is 35.4 Å². The first-order valence-corrected chi connectivity index (χ1v) is 8.36. The number of hydrogen-bond acceptors (Lipinski definition) is 4. The number of nitrogens with zero attached hydrogens (tertiary/aromatic N) is 1. The highest BCUT2D eigenvalue weighted by molar-refractivity contribution is 8.00. The van der Waals surface area contributed by atoms with E-state index in [4.69, 9.17) is 4.74 Å². The zero-order chi connectivity index (χ0) is 15.5. The highest BCUT2D eigenvalue weighted by Crippen LogP contribution is 2.41. The number of ether oxygens (including phenoxy) is 1. The van der Waals surface area contributed by atoms with Crippen molar-refractivity contribution in [3.8, 4) is 5.75 Å². The van der Waals surface area contributed by atoms with Gasteiger partial charge in [0.2, 0.25) is 5.91 Å². The summed E-state index contributed by atoms with van der Waals surface area (Å²) in [7, 11) is 0. The van der Waals surface area contributed by atoms with Crippen LogP contribution in [0, 0.1) is 5.92 Å². The van der Waals surface area contributed by atoms with Crippen molar-refractivity contribution in [1.29, 1.82) is 0 Å². The fraction of sp³-hybridized carbons (Fsp3) is 0.375. The van der Waals surface area contributed by atoms with Crippen LogP contribution in [0.2, 0.25) is 0 Å². The lowest BCUT2D eigenvalue weighted by Crippen LogP contribution is -2.12. The highest BCUT2D eigenvalue weighted by Gasteiger charge is 2.25. The van der Waals surface area contributed by atoms with Crippen molar-refractivity contribution in [1.82, 2.24) is 10.2 Å². The van der Waals surface area contributed by atoms with Gasteiger partial charge in [-0.2, -0.15) is 5.10 Å². The Balaban J connectivity index is 1.88. The molecule has 1 amide bonds. The predicted molar refractivity (Wildman–Crippen MR) is 88.3 cm³/mol. The highest BCUT2D eigenvalue weighted by atomic mass is 32.2. The molecule has 2 N–H and O–H groups in total. The second kappa shape index (κ2) is 6.44. The maximum Gasteiger partial charge on any atom is 0.235 e. The molecular weight excluding hydrogens is 298 g/mol. The summed E-state index contributed by atoms with van der Waals surface area (Å²) in [6.07, 6.45) is 1.78. The summed E-state index contributed by atoms with van der Waals surface area (Å²) in [5, 5.41) is 9.82. The Kier molecular flexibility index (Phi) is 4.38. The molecule has 2 heterocycles. The summed E-state index contributed by atoms with van der Waals surface area (Å²) < 4.78 is 5.81. The molecule has 0 fully saturated rings. The lowest BCUT2D eigenvalue weighted by atomic mass is 10.1. The van der Waals surface area contributed by atoms with Crippen molar-refractivity contribution in [2.24, 2.45) is 5.92 Å². The number of aromatic amines is 1. The molecule has 0 saturated heterocycles. The van der Waals surface area contributed by atoms with Crippen LogP contribution in [0.4, 0.5) is 5.82 Å². The standard InChI is InChI=1S/C16H19N3O2S/c1-10(2)8-21-12-5-3-4-11(6-12)15-13-7-17-19-16(13)18-14(20)9-22-15/h3-7,10,15H,8-9H2,1-2H3,(H2,17,18,19,20). The average Bonchev–Trinajstić information content (AvgIpc) is 2.88. The summed E-state index contributed by atoms with van der Waals surface area (Å²) in [6, 6.07) is 8.07. The van der Waals surface area contributed by atoms with Crippen molar-refractivity contribution < 1.29 is 9.53 Å². The molecule has 5 nitrogen and oxygen atoms in total. The van der Waals surface area contributed by atoms with Gasteiger partial charge in [-0.1, -0.05) is 26.0 Å². The Labute approximate surface area is 133 Å². The van der Waals surface area contributed by atoms with Gasteiger partial charge >= 0.3 is 0 Å². The summed E-state index contributed by atoms with van der Waals surface area (Å²) in [5.41, 5.74) is 2.11. The van der Waals surface area contributed by atoms with Crippen LogP contribution in [-0.2, 0) is 4.79 Å². The molecule has 116 valence electrons. The summed E-state index contributed by atoms with van der Waals surface area (Å²) in [6.45, 7) is 4.94. The molecule has 3 rings (SSSR count). The monoisotopic (exact) mass is 317 g/mol. The number of aromatic nitrogens is 2. The lowest BCUT2D eigenvalue weighted by Gasteiger charge is -2.15. The molecule has 6 heteroatoms. The van der Waals surface area contributed by atoms with Crippen molar-refractivity contribution >= 4 is 23.5 Å². The fourth-order valence-corrected chi connectivity index (χ4v) is 3.41. The van der Waals surface area contributed by atoms with Crippen LogP contribution in [0.25, 0.3) is 0 Å². The van der Waals surface area contributed by atoms with E-state index in [-0.39, 0.29) is 11.2 Å². The Morgan fingerprint density at radius 2 is 2.32 bits per heavy atom. The van der Waals surface area contributed by atoms with Crippen LogP contribution >= 0.6 is 11.8 Å². The van der Waals surface area contributed by atoms with Gasteiger partial charge in [0.15, 0.2) is 0 Å². The van der Waals surface area contributed by atoms with E-state index in [1.54, 1.807) is 18.0 Å². The summed E-state index contributed by atoms with van der Waals surface area (Å²) >= 11 is 1.60. The molecular formula is C16H19N3O2S. The number of fused-ring (bicyclic) bond motifs is 1. The van der Waals surface area contributed by atoms with E-state index in [9.17, 15) is 4.79 Å². The topological polar surface area (TPSA) is 67.0 Å². The van der Waals surface area contributed by atoms with E-state index >= 15 is 0 Å². The number of hydrogen-bond donors (Lipinski definition) is 2. The zero-order valence-electron chi connectivity index (χ0n) is 12.6. The van der Waals surface area contributed by atoms with Crippen molar-refractivity contribution in [3.05, 3.63) is 41.6 Å². The number of carbonyl (C=O) groups excluding carboxylic acids is 1. The van der Waals surface area contributed by atoms with Crippen molar-refractivity contribution in [2.75, 3.05) is 17.7 Å². The van der Waals surface area contributed by atoms with Crippen LogP contribution in [0.5, 0.6) is 5.75 Å². The third-order valence-electron chi connectivity index (χ3n) is 3.34.